The lowest BCUT2D eigenvalue weighted by molar-refractivity contribution is 0.0950. The number of aromatic nitrogens is 2. The Balaban J connectivity index is 2.58. The molecule has 0 radical (unpaired) electrons. The largest absolute Gasteiger partial charge is 0.352 e. The van der Waals surface area contributed by atoms with Gasteiger partial charge in [-0.1, -0.05) is 5.16 Å². The smallest absolute Gasteiger partial charge is 0.292 e. The maximum absolute atomic E-state index is 11.0. The predicted molar refractivity (Wildman–Crippen MR) is 45.1 cm³/mol. The first-order chi connectivity index (χ1) is 6.27. The lowest BCUT2D eigenvalue weighted by atomic mass is 10.3. The van der Waals surface area contributed by atoms with Crippen LogP contribution >= 0.6 is 0 Å². The molecule has 0 aliphatic rings. The second-order valence-corrected chi connectivity index (χ2v) is 2.48. The molecule has 6 nitrogen and oxygen atoms in total. The van der Waals surface area contributed by atoms with Crippen molar-refractivity contribution in [1.29, 1.82) is 0 Å². The number of carbonyl (C=O) groups excluding carboxylic acids is 1. The highest BCUT2D eigenvalue weighted by Gasteiger charge is 2.11. The second kappa shape index (κ2) is 4.56. The molecule has 0 bridgehead atoms. The molecule has 1 heterocycles. The van der Waals surface area contributed by atoms with Gasteiger partial charge in [-0.15, -0.1) is 0 Å². The summed E-state index contributed by atoms with van der Waals surface area (Å²) in [5, 5.41) is 5.90. The molecule has 1 rings (SSSR count). The van der Waals surface area contributed by atoms with Crippen LogP contribution in [0.1, 0.15) is 22.9 Å². The van der Waals surface area contributed by atoms with Gasteiger partial charge in [0.2, 0.25) is 5.89 Å². The third kappa shape index (κ3) is 2.51. The van der Waals surface area contributed by atoms with Gasteiger partial charge in [0.1, 0.15) is 0 Å². The first kappa shape index (κ1) is 9.66. The summed E-state index contributed by atoms with van der Waals surface area (Å²) in [6.45, 7) is 0.567. The van der Waals surface area contributed by atoms with Crippen LogP contribution in [0.5, 0.6) is 0 Å². The number of nitrogens with two attached hydrogens (primary N) is 1. The predicted octanol–water partition coefficient (Wildman–Crippen LogP) is -0.679. The summed E-state index contributed by atoms with van der Waals surface area (Å²) in [6.07, 6.45) is 1.38. The van der Waals surface area contributed by atoms with E-state index in [9.17, 15) is 4.79 Å². The average Bonchev–Trinajstić information content (AvgIpc) is 2.62. The Hall–Kier alpha value is -1.43. The van der Waals surface area contributed by atoms with Gasteiger partial charge in [-0.25, -0.2) is 0 Å². The molecule has 0 aliphatic heterocycles. The molecular weight excluding hydrogens is 172 g/mol. The summed E-state index contributed by atoms with van der Waals surface area (Å²) in [4.78, 5) is 14.9. The van der Waals surface area contributed by atoms with Gasteiger partial charge in [-0.05, 0) is 13.0 Å². The van der Waals surface area contributed by atoms with Crippen molar-refractivity contribution in [2.24, 2.45) is 5.73 Å². The summed E-state index contributed by atoms with van der Waals surface area (Å²) in [6, 6.07) is 0. The highest BCUT2D eigenvalue weighted by atomic mass is 16.5. The summed E-state index contributed by atoms with van der Waals surface area (Å²) in [5.74, 6) is 0.168. The summed E-state index contributed by atoms with van der Waals surface area (Å²) in [5.41, 5.74) is 5.30. The zero-order valence-electron chi connectivity index (χ0n) is 7.41. The van der Waals surface area contributed by atoms with E-state index >= 15 is 0 Å². The van der Waals surface area contributed by atoms with Gasteiger partial charge in [-0.2, -0.15) is 4.98 Å². The van der Waals surface area contributed by atoms with E-state index in [1.165, 1.54) is 7.05 Å². The van der Waals surface area contributed by atoms with Crippen LogP contribution in [0, 0.1) is 0 Å². The van der Waals surface area contributed by atoms with Crippen LogP contribution in [0.3, 0.4) is 0 Å². The monoisotopic (exact) mass is 184 g/mol. The van der Waals surface area contributed by atoms with E-state index in [0.29, 0.717) is 18.9 Å². The Morgan fingerprint density at radius 2 is 2.46 bits per heavy atom. The summed E-state index contributed by atoms with van der Waals surface area (Å²) < 4.78 is 4.81. The Bertz CT molecular complexity index is 284. The van der Waals surface area contributed by atoms with Crippen LogP contribution in [0.15, 0.2) is 4.52 Å². The maximum Gasteiger partial charge on any atom is 0.292 e. The molecule has 1 aromatic heterocycles. The normalized spacial score (nSPS) is 10.0. The Morgan fingerprint density at radius 3 is 3.08 bits per heavy atom. The lowest BCUT2D eigenvalue weighted by Crippen LogP contribution is -2.19. The second-order valence-electron chi connectivity index (χ2n) is 2.48. The van der Waals surface area contributed by atoms with E-state index < -0.39 is 0 Å². The number of rotatable bonds is 4. The fourth-order valence-electron chi connectivity index (χ4n) is 0.814. The van der Waals surface area contributed by atoms with Gasteiger partial charge in [-0.3, -0.25) is 4.79 Å². The van der Waals surface area contributed by atoms with Crippen LogP contribution in [0.2, 0.25) is 0 Å². The number of nitrogens with one attached hydrogen (secondary N) is 1. The highest BCUT2D eigenvalue weighted by molar-refractivity contribution is 5.89. The van der Waals surface area contributed by atoms with Gasteiger partial charge in [0, 0.05) is 13.5 Å². The molecule has 0 saturated carbocycles. The molecule has 3 N–H and O–H groups in total. The van der Waals surface area contributed by atoms with Gasteiger partial charge >= 0.3 is 0 Å². The first-order valence-electron chi connectivity index (χ1n) is 4.02. The van der Waals surface area contributed by atoms with Gasteiger partial charge in [0.25, 0.3) is 11.7 Å². The molecule has 0 aromatic carbocycles. The number of carbonyl (C=O) groups is 1. The fraction of sp³-hybridized carbons (Fsp3) is 0.571. The molecule has 0 atom stereocenters. The van der Waals surface area contributed by atoms with Crippen molar-refractivity contribution >= 4 is 5.91 Å². The zero-order chi connectivity index (χ0) is 9.68. The van der Waals surface area contributed by atoms with Crippen molar-refractivity contribution in [2.75, 3.05) is 13.6 Å². The molecule has 0 saturated heterocycles. The lowest BCUT2D eigenvalue weighted by Gasteiger charge is -1.89. The molecule has 0 unspecified atom stereocenters. The Morgan fingerprint density at radius 1 is 1.69 bits per heavy atom. The maximum atomic E-state index is 11.0. The fourth-order valence-corrected chi connectivity index (χ4v) is 0.814. The van der Waals surface area contributed by atoms with Crippen LogP contribution in [-0.2, 0) is 6.42 Å². The van der Waals surface area contributed by atoms with E-state index in [2.05, 4.69) is 15.5 Å². The molecule has 72 valence electrons. The van der Waals surface area contributed by atoms with E-state index in [4.69, 9.17) is 10.3 Å². The van der Waals surface area contributed by atoms with Crippen molar-refractivity contribution in [3.63, 3.8) is 0 Å². The number of amides is 1. The van der Waals surface area contributed by atoms with Gasteiger partial charge in [0.15, 0.2) is 0 Å². The SMILES string of the molecule is CNC(=O)c1noc(CCCN)n1. The van der Waals surface area contributed by atoms with E-state index in [1.807, 2.05) is 0 Å². The van der Waals surface area contributed by atoms with E-state index in [0.717, 1.165) is 6.42 Å². The van der Waals surface area contributed by atoms with Crippen LogP contribution in [0.4, 0.5) is 0 Å². The minimum atomic E-state index is -0.345. The third-order valence-electron chi connectivity index (χ3n) is 1.49. The van der Waals surface area contributed by atoms with Crippen LogP contribution < -0.4 is 11.1 Å². The van der Waals surface area contributed by atoms with Crippen molar-refractivity contribution in [3.8, 4) is 0 Å². The van der Waals surface area contributed by atoms with Crippen LogP contribution in [0.25, 0.3) is 0 Å². The van der Waals surface area contributed by atoms with Crippen LogP contribution in [-0.4, -0.2) is 29.6 Å². The minimum Gasteiger partial charge on any atom is -0.352 e. The van der Waals surface area contributed by atoms with Crippen molar-refractivity contribution < 1.29 is 9.32 Å². The Kier molecular flexibility index (Phi) is 3.39. The third-order valence-corrected chi connectivity index (χ3v) is 1.49. The molecule has 1 amide bonds. The van der Waals surface area contributed by atoms with E-state index in [1.54, 1.807) is 0 Å². The van der Waals surface area contributed by atoms with Crippen molar-refractivity contribution in [3.05, 3.63) is 11.7 Å². The van der Waals surface area contributed by atoms with Crippen molar-refractivity contribution in [2.45, 2.75) is 12.8 Å². The molecule has 1 aromatic rings. The standard InChI is InChI=1S/C7H12N4O2/c1-9-7(12)6-10-5(13-11-6)3-2-4-8/h2-4,8H2,1H3,(H,9,12). The van der Waals surface area contributed by atoms with Gasteiger partial charge in [0.05, 0.1) is 0 Å². The quantitative estimate of drug-likeness (QED) is 0.646. The van der Waals surface area contributed by atoms with Crippen molar-refractivity contribution in [1.82, 2.24) is 15.5 Å². The average molecular weight is 184 g/mol. The molecule has 13 heavy (non-hydrogen) atoms. The highest BCUT2D eigenvalue weighted by Crippen LogP contribution is 1.99. The topological polar surface area (TPSA) is 94.0 Å². The van der Waals surface area contributed by atoms with Gasteiger partial charge < -0.3 is 15.6 Å². The number of hydrogen-bond donors (Lipinski definition) is 2. The molecule has 0 spiro atoms. The number of aryl methyl sites for hydroxylation is 1. The molecular formula is C7H12N4O2. The van der Waals surface area contributed by atoms with E-state index in [-0.39, 0.29) is 11.7 Å². The Labute approximate surface area is 75.5 Å². The number of nitrogens with zero attached hydrogens (tertiary/aromatic N) is 2. The zero-order valence-corrected chi connectivity index (χ0v) is 7.41. The molecule has 0 fully saturated rings. The molecule has 0 aliphatic carbocycles. The minimum absolute atomic E-state index is 0.0644. The number of hydrogen-bond acceptors (Lipinski definition) is 5. The summed E-state index contributed by atoms with van der Waals surface area (Å²) >= 11 is 0. The summed E-state index contributed by atoms with van der Waals surface area (Å²) in [7, 11) is 1.51. The molecule has 6 heteroatoms. The first-order valence-corrected chi connectivity index (χ1v) is 4.02.